The zero-order valence-electron chi connectivity index (χ0n) is 12.5. The lowest BCUT2D eigenvalue weighted by Crippen LogP contribution is -2.44. The molecule has 0 spiro atoms. The van der Waals surface area contributed by atoms with Crippen molar-refractivity contribution in [3.8, 4) is 0 Å². The van der Waals surface area contributed by atoms with Gasteiger partial charge in [0.1, 0.15) is 0 Å². The average Bonchev–Trinajstić information content (AvgIpc) is 2.96. The second-order valence-corrected chi connectivity index (χ2v) is 5.27. The molecule has 21 heavy (non-hydrogen) atoms. The van der Waals surface area contributed by atoms with Crippen molar-refractivity contribution in [2.24, 2.45) is 0 Å². The summed E-state index contributed by atoms with van der Waals surface area (Å²) in [5, 5.41) is 11.2. The highest BCUT2D eigenvalue weighted by atomic mass is 16.5. The summed E-state index contributed by atoms with van der Waals surface area (Å²) < 4.78 is 4.67. The van der Waals surface area contributed by atoms with Crippen LogP contribution in [-0.2, 0) is 19.1 Å². The van der Waals surface area contributed by atoms with Gasteiger partial charge in [-0.2, -0.15) is 0 Å². The highest BCUT2D eigenvalue weighted by Crippen LogP contribution is 2.23. The Kier molecular flexibility index (Phi) is 7.74. The van der Waals surface area contributed by atoms with Crippen molar-refractivity contribution in [1.29, 1.82) is 0 Å². The van der Waals surface area contributed by atoms with Crippen molar-refractivity contribution < 1.29 is 24.2 Å². The Morgan fingerprint density at radius 3 is 2.48 bits per heavy atom. The fraction of sp³-hybridized carbons (Fsp3) is 0.786. The number of rotatable bonds is 9. The maximum absolute atomic E-state index is 11.9. The van der Waals surface area contributed by atoms with Crippen molar-refractivity contribution in [2.75, 3.05) is 26.7 Å². The lowest BCUT2D eigenvalue weighted by atomic mass is 10.2. The van der Waals surface area contributed by atoms with E-state index in [1.807, 2.05) is 4.90 Å². The summed E-state index contributed by atoms with van der Waals surface area (Å²) >= 11 is 0. The van der Waals surface area contributed by atoms with Gasteiger partial charge in [0.15, 0.2) is 0 Å². The number of carbonyl (C=O) groups excluding carboxylic acids is 2. The molecule has 0 atom stereocenters. The van der Waals surface area contributed by atoms with E-state index in [4.69, 9.17) is 5.11 Å². The summed E-state index contributed by atoms with van der Waals surface area (Å²) in [6, 6.07) is 0.244. The van der Waals surface area contributed by atoms with Gasteiger partial charge in [0.25, 0.3) is 0 Å². The lowest BCUT2D eigenvalue weighted by molar-refractivity contribution is -0.143. The zero-order valence-corrected chi connectivity index (χ0v) is 12.5. The van der Waals surface area contributed by atoms with Gasteiger partial charge in [-0.1, -0.05) is 12.8 Å². The van der Waals surface area contributed by atoms with Crippen LogP contribution in [0.1, 0.15) is 38.5 Å². The molecule has 120 valence electrons. The topological polar surface area (TPSA) is 95.9 Å². The number of amides is 1. The monoisotopic (exact) mass is 300 g/mol. The molecule has 7 nitrogen and oxygen atoms in total. The van der Waals surface area contributed by atoms with Crippen LogP contribution in [0, 0.1) is 0 Å². The van der Waals surface area contributed by atoms with E-state index in [-0.39, 0.29) is 37.4 Å². The van der Waals surface area contributed by atoms with Gasteiger partial charge in [0.2, 0.25) is 5.91 Å². The van der Waals surface area contributed by atoms with E-state index in [1.54, 1.807) is 0 Å². The largest absolute Gasteiger partial charge is 0.481 e. The number of carboxylic acid groups (broad SMARTS) is 1. The molecule has 1 rings (SSSR count). The van der Waals surface area contributed by atoms with Crippen molar-refractivity contribution in [1.82, 2.24) is 10.2 Å². The number of hydrogen-bond acceptors (Lipinski definition) is 5. The van der Waals surface area contributed by atoms with E-state index < -0.39 is 5.97 Å². The van der Waals surface area contributed by atoms with Crippen molar-refractivity contribution in [3.63, 3.8) is 0 Å². The third kappa shape index (κ3) is 7.08. The first-order chi connectivity index (χ1) is 10.0. The number of aliphatic carboxylic acids is 1. The second-order valence-electron chi connectivity index (χ2n) is 5.27. The molecule has 0 bridgehead atoms. The molecule has 1 aliphatic carbocycles. The molecule has 0 heterocycles. The SMILES string of the molecule is COC(=O)CN(CC(=O)NCCCC(=O)O)C1CCCC1. The molecular weight excluding hydrogens is 276 g/mol. The Hall–Kier alpha value is -1.63. The Morgan fingerprint density at radius 2 is 1.90 bits per heavy atom. The number of esters is 1. The van der Waals surface area contributed by atoms with Gasteiger partial charge in [-0.15, -0.1) is 0 Å². The van der Waals surface area contributed by atoms with E-state index in [1.165, 1.54) is 7.11 Å². The Labute approximate surface area is 124 Å². The highest BCUT2D eigenvalue weighted by molar-refractivity contribution is 5.79. The number of ether oxygens (including phenoxy) is 1. The number of carboxylic acids is 1. The fourth-order valence-corrected chi connectivity index (χ4v) is 2.52. The van der Waals surface area contributed by atoms with Crippen LogP contribution in [-0.4, -0.2) is 60.6 Å². The zero-order chi connectivity index (χ0) is 15.7. The standard InChI is InChI=1S/C14H24N2O5/c1-21-14(20)10-16(11-5-2-3-6-11)9-12(17)15-8-4-7-13(18)19/h11H,2-10H2,1H3,(H,15,17)(H,18,19). The van der Waals surface area contributed by atoms with Gasteiger partial charge >= 0.3 is 11.9 Å². The molecule has 7 heteroatoms. The van der Waals surface area contributed by atoms with Gasteiger partial charge in [-0.25, -0.2) is 0 Å². The van der Waals surface area contributed by atoms with Gasteiger partial charge in [-0.3, -0.25) is 19.3 Å². The average molecular weight is 300 g/mol. The summed E-state index contributed by atoms with van der Waals surface area (Å²) in [4.78, 5) is 35.5. The maximum atomic E-state index is 11.9. The summed E-state index contributed by atoms with van der Waals surface area (Å²) in [5.74, 6) is -1.40. The fourth-order valence-electron chi connectivity index (χ4n) is 2.52. The third-order valence-corrected chi connectivity index (χ3v) is 3.64. The van der Waals surface area contributed by atoms with Crippen LogP contribution < -0.4 is 5.32 Å². The van der Waals surface area contributed by atoms with Crippen LogP contribution in [0.25, 0.3) is 0 Å². The molecule has 1 aliphatic rings. The number of methoxy groups -OCH3 is 1. The minimum Gasteiger partial charge on any atom is -0.481 e. The number of nitrogens with zero attached hydrogens (tertiary/aromatic N) is 1. The maximum Gasteiger partial charge on any atom is 0.319 e. The highest BCUT2D eigenvalue weighted by Gasteiger charge is 2.26. The normalized spacial score (nSPS) is 15.1. The number of nitrogens with one attached hydrogen (secondary N) is 1. The van der Waals surface area contributed by atoms with E-state index in [9.17, 15) is 14.4 Å². The molecule has 1 fully saturated rings. The lowest BCUT2D eigenvalue weighted by Gasteiger charge is -2.26. The van der Waals surface area contributed by atoms with Gasteiger partial charge in [-0.05, 0) is 19.3 Å². The minimum absolute atomic E-state index is 0.0365. The summed E-state index contributed by atoms with van der Waals surface area (Å²) in [6.45, 7) is 0.596. The number of carbonyl (C=O) groups is 3. The van der Waals surface area contributed by atoms with Crippen molar-refractivity contribution in [2.45, 2.75) is 44.6 Å². The Balaban J connectivity index is 2.37. The predicted octanol–water partition coefficient (Wildman–Crippen LogP) is 0.385. The third-order valence-electron chi connectivity index (χ3n) is 3.64. The molecule has 0 radical (unpaired) electrons. The molecule has 2 N–H and O–H groups in total. The first kappa shape index (κ1) is 17.4. The molecule has 0 unspecified atom stereocenters. The van der Waals surface area contributed by atoms with Crippen LogP contribution in [0.5, 0.6) is 0 Å². The summed E-state index contributed by atoms with van der Waals surface area (Å²) in [5.41, 5.74) is 0. The molecule has 1 saturated carbocycles. The second kappa shape index (κ2) is 9.33. The van der Waals surface area contributed by atoms with Gasteiger partial charge in [0.05, 0.1) is 20.2 Å². The smallest absolute Gasteiger partial charge is 0.319 e. The first-order valence-electron chi connectivity index (χ1n) is 7.32. The molecule has 0 saturated heterocycles. The van der Waals surface area contributed by atoms with E-state index in [2.05, 4.69) is 10.1 Å². The molecule has 0 aromatic carbocycles. The molecule has 1 amide bonds. The van der Waals surface area contributed by atoms with Crippen LogP contribution >= 0.6 is 0 Å². The first-order valence-corrected chi connectivity index (χ1v) is 7.32. The van der Waals surface area contributed by atoms with Crippen LogP contribution in [0.3, 0.4) is 0 Å². The van der Waals surface area contributed by atoms with Crippen molar-refractivity contribution in [3.05, 3.63) is 0 Å². The van der Waals surface area contributed by atoms with E-state index in [0.717, 1.165) is 25.7 Å². The summed E-state index contributed by atoms with van der Waals surface area (Å²) in [7, 11) is 1.33. The van der Waals surface area contributed by atoms with Crippen molar-refractivity contribution >= 4 is 17.8 Å². The Bertz CT molecular complexity index is 366. The van der Waals surface area contributed by atoms with Gasteiger partial charge < -0.3 is 15.2 Å². The molecule has 0 aromatic heterocycles. The minimum atomic E-state index is -0.873. The quantitative estimate of drug-likeness (QED) is 0.472. The van der Waals surface area contributed by atoms with E-state index >= 15 is 0 Å². The molecule has 0 aliphatic heterocycles. The van der Waals surface area contributed by atoms with Crippen LogP contribution in [0.4, 0.5) is 0 Å². The molecular formula is C14H24N2O5. The van der Waals surface area contributed by atoms with Crippen LogP contribution in [0.15, 0.2) is 0 Å². The Morgan fingerprint density at radius 1 is 1.24 bits per heavy atom. The summed E-state index contributed by atoms with van der Waals surface area (Å²) in [6.07, 6.45) is 4.65. The van der Waals surface area contributed by atoms with Crippen LogP contribution in [0.2, 0.25) is 0 Å². The van der Waals surface area contributed by atoms with E-state index in [0.29, 0.717) is 13.0 Å². The van der Waals surface area contributed by atoms with Gasteiger partial charge in [0, 0.05) is 19.0 Å². The number of hydrogen-bond donors (Lipinski definition) is 2. The predicted molar refractivity (Wildman–Crippen MR) is 75.7 cm³/mol. The molecule has 0 aromatic rings.